The van der Waals surface area contributed by atoms with Crippen LogP contribution in [0.3, 0.4) is 0 Å². The van der Waals surface area contributed by atoms with E-state index < -0.39 is 0 Å². The number of hydrogen-bond acceptors (Lipinski definition) is 5. The maximum atomic E-state index is 5.02. The van der Waals surface area contributed by atoms with Gasteiger partial charge in [-0.3, -0.25) is 0 Å². The zero-order valence-electron chi connectivity index (χ0n) is 10.6. The van der Waals surface area contributed by atoms with Gasteiger partial charge in [-0.15, -0.1) is 0 Å². The van der Waals surface area contributed by atoms with Gasteiger partial charge in [-0.1, -0.05) is 19.8 Å². The molecule has 0 aliphatic heterocycles. The fourth-order valence-corrected chi connectivity index (χ4v) is 2.96. The summed E-state index contributed by atoms with van der Waals surface area (Å²) in [6.45, 7) is 2.85. The van der Waals surface area contributed by atoms with Gasteiger partial charge >= 0.3 is 0 Å². The van der Waals surface area contributed by atoms with Crippen LogP contribution in [0.2, 0.25) is 0 Å². The van der Waals surface area contributed by atoms with Crippen molar-refractivity contribution in [2.75, 3.05) is 12.4 Å². The van der Waals surface area contributed by atoms with Gasteiger partial charge in [0.2, 0.25) is 5.13 Å². The van der Waals surface area contributed by atoms with E-state index in [1.165, 1.54) is 43.6 Å². The fraction of sp³-hybridized carbons (Fsp3) is 0.833. The zero-order valence-corrected chi connectivity index (χ0v) is 11.4. The summed E-state index contributed by atoms with van der Waals surface area (Å²) in [6, 6.07) is 0.572. The van der Waals surface area contributed by atoms with Gasteiger partial charge in [0, 0.05) is 24.7 Å². The lowest BCUT2D eigenvalue weighted by molar-refractivity contribution is 0.179. The van der Waals surface area contributed by atoms with E-state index in [2.05, 4.69) is 21.6 Å². The molecule has 2 rings (SSSR count). The van der Waals surface area contributed by atoms with Crippen LogP contribution < -0.4 is 5.32 Å². The third kappa shape index (κ3) is 3.92. The maximum Gasteiger partial charge on any atom is 0.202 e. The number of hydrogen-bond donors (Lipinski definition) is 1. The summed E-state index contributed by atoms with van der Waals surface area (Å²) in [5.41, 5.74) is 0. The molecule has 1 aliphatic rings. The summed E-state index contributed by atoms with van der Waals surface area (Å²) in [5.74, 6) is 1.65. The highest BCUT2D eigenvalue weighted by Crippen LogP contribution is 2.25. The number of methoxy groups -OCH3 is 1. The van der Waals surface area contributed by atoms with Crippen molar-refractivity contribution in [1.82, 2.24) is 9.36 Å². The molecule has 2 unspecified atom stereocenters. The lowest BCUT2D eigenvalue weighted by Crippen LogP contribution is -2.18. The molecular weight excluding hydrogens is 234 g/mol. The van der Waals surface area contributed by atoms with Gasteiger partial charge in [-0.05, 0) is 25.2 Å². The van der Waals surface area contributed by atoms with Crippen LogP contribution in [0.5, 0.6) is 0 Å². The summed E-state index contributed by atoms with van der Waals surface area (Å²) in [6.07, 6.45) is 6.51. The molecule has 1 heterocycles. The van der Waals surface area contributed by atoms with E-state index in [4.69, 9.17) is 4.74 Å². The first-order chi connectivity index (χ1) is 8.28. The average Bonchev–Trinajstić information content (AvgIpc) is 2.63. The minimum atomic E-state index is 0.500. The molecule has 1 fully saturated rings. The molecule has 1 aromatic heterocycles. The lowest BCUT2D eigenvalue weighted by atomic mass is 10.0. The molecule has 0 saturated heterocycles. The smallest absolute Gasteiger partial charge is 0.202 e. The van der Waals surface area contributed by atoms with E-state index in [1.807, 2.05) is 0 Å². The van der Waals surface area contributed by atoms with E-state index in [9.17, 15) is 0 Å². The first kappa shape index (κ1) is 12.8. The number of nitrogens with zero attached hydrogens (tertiary/aromatic N) is 2. The van der Waals surface area contributed by atoms with E-state index in [1.54, 1.807) is 7.11 Å². The van der Waals surface area contributed by atoms with Gasteiger partial charge in [-0.25, -0.2) is 4.98 Å². The van der Waals surface area contributed by atoms with Crippen LogP contribution in [-0.4, -0.2) is 22.5 Å². The first-order valence-electron chi connectivity index (χ1n) is 6.36. The second-order valence-corrected chi connectivity index (χ2v) is 5.66. The summed E-state index contributed by atoms with van der Waals surface area (Å²) < 4.78 is 9.27. The second kappa shape index (κ2) is 6.31. The number of ether oxygens (including phenoxy) is 1. The lowest BCUT2D eigenvalue weighted by Gasteiger charge is -2.14. The quantitative estimate of drug-likeness (QED) is 0.840. The van der Waals surface area contributed by atoms with Crippen molar-refractivity contribution in [3.8, 4) is 0 Å². The highest BCUT2D eigenvalue weighted by Gasteiger charge is 2.17. The molecule has 2 atom stereocenters. The van der Waals surface area contributed by atoms with Crippen molar-refractivity contribution in [2.45, 2.75) is 51.7 Å². The number of aromatic nitrogens is 2. The van der Waals surface area contributed by atoms with Crippen molar-refractivity contribution < 1.29 is 4.74 Å². The van der Waals surface area contributed by atoms with Crippen molar-refractivity contribution in [2.24, 2.45) is 5.92 Å². The minimum absolute atomic E-state index is 0.500. The van der Waals surface area contributed by atoms with Crippen LogP contribution in [0.15, 0.2) is 0 Å². The van der Waals surface area contributed by atoms with Crippen LogP contribution in [0.1, 0.15) is 44.9 Å². The van der Waals surface area contributed by atoms with Gasteiger partial charge in [0.05, 0.1) is 0 Å². The van der Waals surface area contributed by atoms with Gasteiger partial charge in [0.15, 0.2) is 5.82 Å². The molecule has 1 aliphatic carbocycles. The summed E-state index contributed by atoms with van der Waals surface area (Å²) in [5, 5.41) is 4.45. The summed E-state index contributed by atoms with van der Waals surface area (Å²) in [4.78, 5) is 4.42. The average molecular weight is 255 g/mol. The van der Waals surface area contributed by atoms with Crippen LogP contribution in [0.4, 0.5) is 5.13 Å². The molecule has 1 aromatic rings. The maximum absolute atomic E-state index is 5.02. The first-order valence-corrected chi connectivity index (χ1v) is 7.13. The Kier molecular flexibility index (Phi) is 4.74. The largest absolute Gasteiger partial charge is 0.377 e. The van der Waals surface area contributed by atoms with E-state index in [-0.39, 0.29) is 0 Å². The van der Waals surface area contributed by atoms with Crippen molar-refractivity contribution in [3.63, 3.8) is 0 Å². The molecule has 17 heavy (non-hydrogen) atoms. The molecule has 1 saturated carbocycles. The predicted octanol–water partition coefficient (Wildman–Crippen LogP) is 3.07. The van der Waals surface area contributed by atoms with Crippen LogP contribution in [0.25, 0.3) is 0 Å². The molecule has 5 heteroatoms. The van der Waals surface area contributed by atoms with Crippen LogP contribution in [-0.2, 0) is 11.3 Å². The van der Waals surface area contributed by atoms with Crippen molar-refractivity contribution in [1.29, 1.82) is 0 Å². The summed E-state index contributed by atoms with van der Waals surface area (Å²) in [7, 11) is 1.67. The van der Waals surface area contributed by atoms with Crippen LogP contribution in [0, 0.1) is 5.92 Å². The third-order valence-electron chi connectivity index (χ3n) is 3.33. The Morgan fingerprint density at radius 2 is 2.24 bits per heavy atom. The highest BCUT2D eigenvalue weighted by molar-refractivity contribution is 7.09. The van der Waals surface area contributed by atoms with E-state index >= 15 is 0 Å². The van der Waals surface area contributed by atoms with E-state index in [0.717, 1.165) is 16.9 Å². The fourth-order valence-electron chi connectivity index (χ4n) is 2.31. The molecule has 0 spiro atoms. The molecular formula is C12H21N3OS. The minimum Gasteiger partial charge on any atom is -0.377 e. The molecule has 96 valence electrons. The van der Waals surface area contributed by atoms with Crippen molar-refractivity contribution in [3.05, 3.63) is 5.82 Å². The zero-order chi connectivity index (χ0) is 12.1. The van der Waals surface area contributed by atoms with Gasteiger partial charge < -0.3 is 10.1 Å². The van der Waals surface area contributed by atoms with Gasteiger partial charge in [-0.2, -0.15) is 4.37 Å². The monoisotopic (exact) mass is 255 g/mol. The standard InChI is InChI=1S/C12H21N3OS/c1-9-4-3-5-10(7-6-9)13-12-14-11(8-16-2)15-17-12/h9-10H,3-8H2,1-2H3,(H,13,14,15). The predicted molar refractivity (Wildman–Crippen MR) is 70.3 cm³/mol. The molecule has 0 bridgehead atoms. The van der Waals surface area contributed by atoms with Gasteiger partial charge in [0.1, 0.15) is 6.61 Å². The Labute approximate surface area is 107 Å². The molecule has 0 amide bonds. The van der Waals surface area contributed by atoms with E-state index in [0.29, 0.717) is 12.6 Å². The Hall–Kier alpha value is -0.680. The Morgan fingerprint density at radius 3 is 3.06 bits per heavy atom. The van der Waals surface area contributed by atoms with Crippen LogP contribution >= 0.6 is 11.5 Å². The number of nitrogens with one attached hydrogen (secondary N) is 1. The molecule has 4 nitrogen and oxygen atoms in total. The number of anilines is 1. The summed E-state index contributed by atoms with van der Waals surface area (Å²) >= 11 is 1.44. The van der Waals surface area contributed by atoms with Crippen molar-refractivity contribution >= 4 is 16.7 Å². The molecule has 1 N–H and O–H groups in total. The third-order valence-corrected chi connectivity index (χ3v) is 4.01. The Morgan fingerprint density at radius 1 is 1.35 bits per heavy atom. The number of rotatable bonds is 4. The normalized spacial score (nSPS) is 25.5. The Balaban J connectivity index is 1.86. The van der Waals surface area contributed by atoms with Gasteiger partial charge in [0.25, 0.3) is 0 Å². The topological polar surface area (TPSA) is 47.0 Å². The SMILES string of the molecule is COCc1nsc(NC2CCCC(C)CC2)n1. The molecule has 0 radical (unpaired) electrons. The highest BCUT2D eigenvalue weighted by atomic mass is 32.1. The second-order valence-electron chi connectivity index (χ2n) is 4.90. The Bertz CT molecular complexity index is 342. The molecule has 0 aromatic carbocycles.